The SMILES string of the molecule is CC(C(=O)Nc1cccc(N)c1)N1CCCCC1CCO. The van der Waals surface area contributed by atoms with E-state index in [0.717, 1.165) is 31.5 Å². The van der Waals surface area contributed by atoms with E-state index in [9.17, 15) is 9.90 Å². The Hall–Kier alpha value is -1.59. The third kappa shape index (κ3) is 4.19. The summed E-state index contributed by atoms with van der Waals surface area (Å²) >= 11 is 0. The van der Waals surface area contributed by atoms with Gasteiger partial charge in [-0.25, -0.2) is 0 Å². The number of piperidine rings is 1. The molecule has 116 valence electrons. The van der Waals surface area contributed by atoms with Gasteiger partial charge in [0.15, 0.2) is 0 Å². The molecule has 1 fully saturated rings. The first kappa shape index (κ1) is 15.8. The van der Waals surface area contributed by atoms with Crippen molar-refractivity contribution in [2.75, 3.05) is 24.2 Å². The van der Waals surface area contributed by atoms with Crippen LogP contribution in [-0.4, -0.2) is 41.1 Å². The van der Waals surface area contributed by atoms with E-state index in [2.05, 4.69) is 10.2 Å². The molecular weight excluding hydrogens is 266 g/mol. The van der Waals surface area contributed by atoms with Gasteiger partial charge in [0, 0.05) is 24.0 Å². The van der Waals surface area contributed by atoms with Gasteiger partial charge in [0.05, 0.1) is 6.04 Å². The largest absolute Gasteiger partial charge is 0.399 e. The van der Waals surface area contributed by atoms with Crippen LogP contribution < -0.4 is 11.1 Å². The summed E-state index contributed by atoms with van der Waals surface area (Å²) in [6.45, 7) is 3.01. The molecule has 0 aliphatic carbocycles. The highest BCUT2D eigenvalue weighted by molar-refractivity contribution is 5.94. The van der Waals surface area contributed by atoms with E-state index in [1.54, 1.807) is 12.1 Å². The molecule has 1 aliphatic heterocycles. The van der Waals surface area contributed by atoms with Gasteiger partial charge in [0.1, 0.15) is 0 Å². The van der Waals surface area contributed by atoms with Crippen molar-refractivity contribution in [1.29, 1.82) is 0 Å². The fourth-order valence-corrected chi connectivity index (χ4v) is 3.01. The molecule has 5 nitrogen and oxygen atoms in total. The van der Waals surface area contributed by atoms with E-state index in [1.807, 2.05) is 19.1 Å². The average Bonchev–Trinajstić information content (AvgIpc) is 2.47. The van der Waals surface area contributed by atoms with Crippen LogP contribution in [0.5, 0.6) is 0 Å². The number of amides is 1. The Morgan fingerprint density at radius 1 is 1.52 bits per heavy atom. The van der Waals surface area contributed by atoms with Gasteiger partial charge in [0.2, 0.25) is 5.91 Å². The minimum absolute atomic E-state index is 0.0227. The van der Waals surface area contributed by atoms with Crippen molar-refractivity contribution >= 4 is 17.3 Å². The van der Waals surface area contributed by atoms with Crippen LogP contribution in [0.25, 0.3) is 0 Å². The van der Waals surface area contributed by atoms with E-state index < -0.39 is 0 Å². The molecule has 0 saturated carbocycles. The second-order valence-electron chi connectivity index (χ2n) is 5.69. The molecule has 1 saturated heterocycles. The molecule has 0 aromatic heterocycles. The quantitative estimate of drug-likeness (QED) is 0.723. The number of nitrogens with two attached hydrogens (primary N) is 1. The van der Waals surface area contributed by atoms with Gasteiger partial charge >= 0.3 is 0 Å². The van der Waals surface area contributed by atoms with E-state index in [4.69, 9.17) is 5.73 Å². The van der Waals surface area contributed by atoms with Crippen LogP contribution in [0.4, 0.5) is 11.4 Å². The molecule has 1 heterocycles. The number of carbonyl (C=O) groups excluding carboxylic acids is 1. The van der Waals surface area contributed by atoms with Crippen molar-refractivity contribution in [3.05, 3.63) is 24.3 Å². The van der Waals surface area contributed by atoms with Crippen LogP contribution in [0.1, 0.15) is 32.6 Å². The van der Waals surface area contributed by atoms with Gasteiger partial charge in [-0.2, -0.15) is 0 Å². The highest BCUT2D eigenvalue weighted by Crippen LogP contribution is 2.22. The molecule has 5 heteroatoms. The van der Waals surface area contributed by atoms with Gasteiger partial charge in [-0.1, -0.05) is 12.5 Å². The Morgan fingerprint density at radius 2 is 2.33 bits per heavy atom. The lowest BCUT2D eigenvalue weighted by molar-refractivity contribution is -0.122. The number of hydrogen-bond acceptors (Lipinski definition) is 4. The molecule has 1 aromatic rings. The first-order valence-corrected chi connectivity index (χ1v) is 7.65. The number of aliphatic hydroxyl groups excluding tert-OH is 1. The summed E-state index contributed by atoms with van der Waals surface area (Å²) in [6.07, 6.45) is 4.06. The Morgan fingerprint density at radius 3 is 3.05 bits per heavy atom. The second kappa shape index (κ2) is 7.43. The zero-order valence-electron chi connectivity index (χ0n) is 12.6. The molecule has 1 aromatic carbocycles. The van der Waals surface area contributed by atoms with E-state index >= 15 is 0 Å². The first-order valence-electron chi connectivity index (χ1n) is 7.65. The Labute approximate surface area is 126 Å². The molecule has 2 atom stereocenters. The summed E-state index contributed by atoms with van der Waals surface area (Å²) in [5, 5.41) is 12.1. The number of carbonyl (C=O) groups is 1. The van der Waals surface area contributed by atoms with Crippen LogP contribution in [0.15, 0.2) is 24.3 Å². The number of nitrogens with one attached hydrogen (secondary N) is 1. The third-order valence-corrected chi connectivity index (χ3v) is 4.17. The topological polar surface area (TPSA) is 78.6 Å². The van der Waals surface area contributed by atoms with Gasteiger partial charge in [-0.05, 0) is 50.9 Å². The minimum atomic E-state index is -0.205. The Balaban J connectivity index is 2.00. The average molecular weight is 291 g/mol. The smallest absolute Gasteiger partial charge is 0.241 e. The maximum Gasteiger partial charge on any atom is 0.241 e. The predicted molar refractivity (Wildman–Crippen MR) is 85.0 cm³/mol. The maximum absolute atomic E-state index is 12.4. The number of rotatable bonds is 5. The molecule has 1 aliphatic rings. The molecule has 4 N–H and O–H groups in total. The van der Waals surface area contributed by atoms with Crippen LogP contribution in [0.2, 0.25) is 0 Å². The van der Waals surface area contributed by atoms with Crippen molar-refractivity contribution in [3.63, 3.8) is 0 Å². The second-order valence-corrected chi connectivity index (χ2v) is 5.69. The standard InChI is InChI=1S/C16H25N3O2/c1-12(19-9-3-2-7-15(19)8-10-20)16(21)18-14-6-4-5-13(17)11-14/h4-6,11-12,15,20H,2-3,7-10,17H2,1H3,(H,18,21). The Kier molecular flexibility index (Phi) is 5.59. The molecule has 0 spiro atoms. The lowest BCUT2D eigenvalue weighted by atomic mass is 9.97. The van der Waals surface area contributed by atoms with Crippen molar-refractivity contribution in [1.82, 2.24) is 4.90 Å². The lowest BCUT2D eigenvalue weighted by Crippen LogP contribution is -2.50. The van der Waals surface area contributed by atoms with Crippen LogP contribution in [-0.2, 0) is 4.79 Å². The number of nitrogen functional groups attached to an aromatic ring is 1. The van der Waals surface area contributed by atoms with Crippen LogP contribution >= 0.6 is 0 Å². The summed E-state index contributed by atoms with van der Waals surface area (Å²) in [5.41, 5.74) is 7.09. The minimum Gasteiger partial charge on any atom is -0.399 e. The molecule has 0 radical (unpaired) electrons. The predicted octanol–water partition coefficient (Wildman–Crippen LogP) is 1.83. The van der Waals surface area contributed by atoms with E-state index in [0.29, 0.717) is 11.7 Å². The van der Waals surface area contributed by atoms with Gasteiger partial charge in [0.25, 0.3) is 0 Å². The lowest BCUT2D eigenvalue weighted by Gasteiger charge is -2.39. The molecular formula is C16H25N3O2. The van der Waals surface area contributed by atoms with Gasteiger partial charge < -0.3 is 16.2 Å². The summed E-state index contributed by atoms with van der Waals surface area (Å²) in [5.74, 6) is -0.0227. The highest BCUT2D eigenvalue weighted by atomic mass is 16.3. The van der Waals surface area contributed by atoms with E-state index in [-0.39, 0.29) is 18.6 Å². The summed E-state index contributed by atoms with van der Waals surface area (Å²) < 4.78 is 0. The number of aliphatic hydroxyl groups is 1. The van der Waals surface area contributed by atoms with Gasteiger partial charge in [-0.15, -0.1) is 0 Å². The maximum atomic E-state index is 12.4. The number of benzene rings is 1. The summed E-state index contributed by atoms with van der Waals surface area (Å²) in [6, 6.07) is 7.30. The van der Waals surface area contributed by atoms with Crippen LogP contribution in [0, 0.1) is 0 Å². The number of anilines is 2. The number of hydrogen-bond donors (Lipinski definition) is 3. The molecule has 0 bridgehead atoms. The fourth-order valence-electron chi connectivity index (χ4n) is 3.01. The molecule has 1 amide bonds. The normalized spacial score (nSPS) is 21.0. The van der Waals surface area contributed by atoms with Crippen molar-refractivity contribution in [3.8, 4) is 0 Å². The Bertz CT molecular complexity index is 476. The molecule has 2 unspecified atom stereocenters. The summed E-state index contributed by atoms with van der Waals surface area (Å²) in [7, 11) is 0. The highest BCUT2D eigenvalue weighted by Gasteiger charge is 2.29. The molecule has 2 rings (SSSR count). The van der Waals surface area contributed by atoms with Crippen LogP contribution in [0.3, 0.4) is 0 Å². The zero-order valence-corrected chi connectivity index (χ0v) is 12.6. The van der Waals surface area contributed by atoms with Crippen molar-refractivity contribution < 1.29 is 9.90 Å². The first-order chi connectivity index (χ1) is 10.1. The van der Waals surface area contributed by atoms with E-state index in [1.165, 1.54) is 6.42 Å². The zero-order chi connectivity index (χ0) is 15.2. The monoisotopic (exact) mass is 291 g/mol. The number of likely N-dealkylation sites (tertiary alicyclic amines) is 1. The summed E-state index contributed by atoms with van der Waals surface area (Å²) in [4.78, 5) is 14.6. The fraction of sp³-hybridized carbons (Fsp3) is 0.562. The van der Waals surface area contributed by atoms with Crippen molar-refractivity contribution in [2.24, 2.45) is 0 Å². The van der Waals surface area contributed by atoms with Gasteiger partial charge in [-0.3, -0.25) is 9.69 Å². The molecule has 21 heavy (non-hydrogen) atoms. The third-order valence-electron chi connectivity index (χ3n) is 4.17. The number of nitrogens with zero attached hydrogens (tertiary/aromatic N) is 1. The van der Waals surface area contributed by atoms with Crippen molar-refractivity contribution in [2.45, 2.75) is 44.7 Å².